The number of hydrogen-bond acceptors (Lipinski definition) is 5. The highest BCUT2D eigenvalue weighted by atomic mass is 32.2. The molecule has 1 atom stereocenters. The molecule has 4 rings (SSSR count). The van der Waals surface area contributed by atoms with Crippen molar-refractivity contribution >= 4 is 27.5 Å². The van der Waals surface area contributed by atoms with Crippen LogP contribution in [0.3, 0.4) is 0 Å². The van der Waals surface area contributed by atoms with Crippen LogP contribution in [0.1, 0.15) is 24.5 Å². The van der Waals surface area contributed by atoms with Crippen LogP contribution in [0.15, 0.2) is 120 Å². The molecule has 0 aliphatic heterocycles. The molecule has 0 aliphatic carbocycles. The largest absolute Gasteiger partial charge is 0.497 e. The number of nitrogens with zero attached hydrogens (tertiary/aromatic N) is 2. The van der Waals surface area contributed by atoms with E-state index in [4.69, 9.17) is 4.74 Å². The molecule has 0 fully saturated rings. The maximum atomic E-state index is 14.4. The highest BCUT2D eigenvalue weighted by Gasteiger charge is 2.34. The summed E-state index contributed by atoms with van der Waals surface area (Å²) in [7, 11) is -2.68. The summed E-state index contributed by atoms with van der Waals surface area (Å²) >= 11 is 0. The summed E-state index contributed by atoms with van der Waals surface area (Å²) in [5.41, 5.74) is 1.97. The molecule has 8 nitrogen and oxygen atoms in total. The van der Waals surface area contributed by atoms with Gasteiger partial charge >= 0.3 is 0 Å². The number of hydrogen-bond donors (Lipinski definition) is 1. The zero-order chi connectivity index (χ0) is 30.7. The number of benzene rings is 4. The summed E-state index contributed by atoms with van der Waals surface area (Å²) < 4.78 is 34.5. The van der Waals surface area contributed by atoms with Gasteiger partial charge in [0.05, 0.1) is 17.7 Å². The Morgan fingerprint density at radius 1 is 0.814 bits per heavy atom. The summed E-state index contributed by atoms with van der Waals surface area (Å²) in [5, 5.41) is 2.95. The number of amides is 2. The van der Waals surface area contributed by atoms with Crippen LogP contribution in [0.5, 0.6) is 5.75 Å². The van der Waals surface area contributed by atoms with Crippen molar-refractivity contribution < 1.29 is 22.7 Å². The molecule has 0 saturated heterocycles. The summed E-state index contributed by atoms with van der Waals surface area (Å²) in [4.78, 5) is 29.6. The maximum Gasteiger partial charge on any atom is 0.264 e. The Labute approximate surface area is 254 Å². The van der Waals surface area contributed by atoms with E-state index in [0.29, 0.717) is 12.3 Å². The summed E-state index contributed by atoms with van der Waals surface area (Å²) in [6.45, 7) is 2.01. The molecule has 0 saturated carbocycles. The Hall–Kier alpha value is -4.63. The van der Waals surface area contributed by atoms with Gasteiger partial charge in [0.1, 0.15) is 18.3 Å². The lowest BCUT2D eigenvalue weighted by Crippen LogP contribution is -2.53. The van der Waals surface area contributed by atoms with Gasteiger partial charge in [0.25, 0.3) is 10.0 Å². The van der Waals surface area contributed by atoms with Gasteiger partial charge in [-0.15, -0.1) is 0 Å². The minimum absolute atomic E-state index is 0.0433. The van der Waals surface area contributed by atoms with Crippen LogP contribution in [-0.4, -0.2) is 51.4 Å². The van der Waals surface area contributed by atoms with Gasteiger partial charge in [-0.05, 0) is 41.8 Å². The third kappa shape index (κ3) is 8.23. The van der Waals surface area contributed by atoms with Gasteiger partial charge in [-0.1, -0.05) is 91.9 Å². The molecule has 0 radical (unpaired) electrons. The molecule has 0 aromatic heterocycles. The van der Waals surface area contributed by atoms with Crippen molar-refractivity contribution in [2.45, 2.75) is 37.2 Å². The third-order valence-electron chi connectivity index (χ3n) is 6.97. The lowest BCUT2D eigenvalue weighted by molar-refractivity contribution is -0.140. The topological polar surface area (TPSA) is 96.0 Å². The van der Waals surface area contributed by atoms with E-state index in [0.717, 1.165) is 21.9 Å². The lowest BCUT2D eigenvalue weighted by Gasteiger charge is -2.34. The molecule has 43 heavy (non-hydrogen) atoms. The van der Waals surface area contributed by atoms with Crippen molar-refractivity contribution in [1.29, 1.82) is 0 Å². The van der Waals surface area contributed by atoms with E-state index in [1.165, 1.54) is 24.1 Å². The molecule has 1 N–H and O–H groups in total. The Kier molecular flexibility index (Phi) is 10.9. The van der Waals surface area contributed by atoms with Gasteiger partial charge in [-0.25, -0.2) is 8.42 Å². The minimum Gasteiger partial charge on any atom is -0.497 e. The van der Waals surface area contributed by atoms with Crippen molar-refractivity contribution in [3.8, 4) is 5.75 Å². The first kappa shape index (κ1) is 31.3. The van der Waals surface area contributed by atoms with Crippen molar-refractivity contribution in [2.75, 3.05) is 24.5 Å². The molecular weight excluding hydrogens is 562 g/mol. The van der Waals surface area contributed by atoms with E-state index in [1.807, 2.05) is 67.6 Å². The molecule has 0 unspecified atom stereocenters. The molecular formula is C34H37N3O5S. The molecule has 0 bridgehead atoms. The number of anilines is 1. The molecule has 2 amide bonds. The quantitative estimate of drug-likeness (QED) is 0.219. The fourth-order valence-electron chi connectivity index (χ4n) is 4.71. The van der Waals surface area contributed by atoms with Crippen LogP contribution in [0.2, 0.25) is 0 Å². The second-order valence-electron chi connectivity index (χ2n) is 10.0. The van der Waals surface area contributed by atoms with Gasteiger partial charge < -0.3 is 15.0 Å². The van der Waals surface area contributed by atoms with Crippen LogP contribution in [0, 0.1) is 0 Å². The fourth-order valence-corrected chi connectivity index (χ4v) is 6.14. The molecule has 4 aromatic carbocycles. The Balaban J connectivity index is 1.78. The van der Waals surface area contributed by atoms with E-state index in [9.17, 15) is 18.0 Å². The first-order valence-corrected chi connectivity index (χ1v) is 15.6. The van der Waals surface area contributed by atoms with Crippen molar-refractivity contribution in [3.63, 3.8) is 0 Å². The zero-order valence-corrected chi connectivity index (χ0v) is 25.2. The molecule has 9 heteroatoms. The smallest absolute Gasteiger partial charge is 0.264 e. The Morgan fingerprint density at radius 3 is 2.02 bits per heavy atom. The van der Waals surface area contributed by atoms with E-state index in [1.54, 1.807) is 42.5 Å². The van der Waals surface area contributed by atoms with E-state index >= 15 is 0 Å². The first-order chi connectivity index (χ1) is 20.8. The molecule has 4 aromatic rings. The highest BCUT2D eigenvalue weighted by molar-refractivity contribution is 7.92. The normalized spacial score (nSPS) is 11.8. The summed E-state index contributed by atoms with van der Waals surface area (Å²) in [6, 6.07) is 32.5. The molecule has 0 aliphatic rings. The number of sulfonamides is 1. The average Bonchev–Trinajstić information content (AvgIpc) is 3.05. The van der Waals surface area contributed by atoms with Crippen LogP contribution >= 0.6 is 0 Å². The van der Waals surface area contributed by atoms with Crippen molar-refractivity contribution in [2.24, 2.45) is 0 Å². The van der Waals surface area contributed by atoms with Crippen molar-refractivity contribution in [1.82, 2.24) is 10.2 Å². The van der Waals surface area contributed by atoms with Crippen LogP contribution in [0.4, 0.5) is 5.69 Å². The van der Waals surface area contributed by atoms with E-state index in [-0.39, 0.29) is 29.5 Å². The first-order valence-electron chi connectivity index (χ1n) is 14.2. The number of rotatable bonds is 14. The second kappa shape index (κ2) is 15.0. The van der Waals surface area contributed by atoms with E-state index in [2.05, 4.69) is 5.32 Å². The zero-order valence-electron chi connectivity index (χ0n) is 24.4. The maximum absolute atomic E-state index is 14.4. The third-order valence-corrected chi connectivity index (χ3v) is 8.76. The SMILES string of the molecule is CCCNC(=O)[C@H](Cc1ccccc1)N(Cc1ccccc1)C(=O)CN(c1cccc(OC)c1)S(=O)(=O)c1ccccc1. The van der Waals surface area contributed by atoms with E-state index < -0.39 is 28.5 Å². The number of methoxy groups -OCH3 is 1. The number of ether oxygens (including phenoxy) is 1. The summed E-state index contributed by atoms with van der Waals surface area (Å²) in [5.74, 6) is -0.368. The Bertz CT molecular complexity index is 1580. The number of carbonyl (C=O) groups excluding carboxylic acids is 2. The van der Waals surface area contributed by atoms with Crippen LogP contribution in [0.25, 0.3) is 0 Å². The van der Waals surface area contributed by atoms with Gasteiger partial charge in [0.2, 0.25) is 11.8 Å². The number of nitrogens with one attached hydrogen (secondary N) is 1. The summed E-state index contributed by atoms with van der Waals surface area (Å²) in [6.07, 6.45) is 0.995. The van der Waals surface area contributed by atoms with Gasteiger partial charge in [-0.3, -0.25) is 13.9 Å². The Morgan fingerprint density at radius 2 is 1.42 bits per heavy atom. The predicted molar refractivity (Wildman–Crippen MR) is 168 cm³/mol. The van der Waals surface area contributed by atoms with Crippen LogP contribution < -0.4 is 14.4 Å². The average molecular weight is 600 g/mol. The molecule has 224 valence electrons. The standard InChI is InChI=1S/C34H37N3O5S/c1-3-22-35-34(39)32(23-27-14-7-4-8-15-27)36(25-28-16-9-5-10-17-28)33(38)26-37(29-18-13-19-30(24-29)42-2)43(40,41)31-20-11-6-12-21-31/h4-21,24,32H,3,22-23,25-26H2,1-2H3,(H,35,39)/t32-/m0/s1. The molecule has 0 heterocycles. The second-order valence-corrected chi connectivity index (χ2v) is 11.9. The molecule has 0 spiro atoms. The van der Waals surface area contributed by atoms with Gasteiger partial charge in [0.15, 0.2) is 0 Å². The van der Waals surface area contributed by atoms with Crippen molar-refractivity contribution in [3.05, 3.63) is 126 Å². The van der Waals surface area contributed by atoms with Crippen LogP contribution in [-0.2, 0) is 32.6 Å². The lowest BCUT2D eigenvalue weighted by atomic mass is 10.0. The van der Waals surface area contributed by atoms with Gasteiger partial charge in [-0.2, -0.15) is 0 Å². The highest BCUT2D eigenvalue weighted by Crippen LogP contribution is 2.28. The van der Waals surface area contributed by atoms with Gasteiger partial charge in [0, 0.05) is 25.6 Å². The fraction of sp³-hybridized carbons (Fsp3) is 0.235. The monoisotopic (exact) mass is 599 g/mol. The predicted octanol–water partition coefficient (Wildman–Crippen LogP) is 5.06. The number of carbonyl (C=O) groups is 2. The minimum atomic E-state index is -4.17.